The van der Waals surface area contributed by atoms with Crippen LogP contribution in [0.1, 0.15) is 12.0 Å². The number of hydrogen-bond donors (Lipinski definition) is 1. The van der Waals surface area contributed by atoms with Gasteiger partial charge < -0.3 is 10.2 Å². The molecule has 2 aromatic rings. The highest BCUT2D eigenvalue weighted by Crippen LogP contribution is 2.33. The van der Waals surface area contributed by atoms with Crippen LogP contribution in [0.5, 0.6) is 0 Å². The number of para-hydroxylation sites is 1. The van der Waals surface area contributed by atoms with E-state index in [0.717, 1.165) is 15.7 Å². The first-order valence-electron chi connectivity index (χ1n) is 7.59. The van der Waals surface area contributed by atoms with Gasteiger partial charge in [0, 0.05) is 29.7 Å². The van der Waals surface area contributed by atoms with Crippen molar-refractivity contribution >= 4 is 45.0 Å². The van der Waals surface area contributed by atoms with Gasteiger partial charge in [0.05, 0.1) is 0 Å². The molecule has 1 aliphatic rings. The Balaban J connectivity index is 1.69. The van der Waals surface area contributed by atoms with Gasteiger partial charge in [-0.15, -0.1) is 0 Å². The predicted octanol–water partition coefficient (Wildman–Crippen LogP) is 3.48. The Morgan fingerprint density at radius 1 is 1.21 bits per heavy atom. The monoisotopic (exact) mass is 406 g/mol. The Morgan fingerprint density at radius 2 is 1.96 bits per heavy atom. The molecule has 0 aromatic heterocycles. The van der Waals surface area contributed by atoms with Crippen LogP contribution >= 0.6 is 27.5 Å². The van der Waals surface area contributed by atoms with Crippen molar-refractivity contribution in [3.63, 3.8) is 0 Å². The van der Waals surface area contributed by atoms with Crippen molar-refractivity contribution < 1.29 is 9.59 Å². The van der Waals surface area contributed by atoms with E-state index < -0.39 is 10.8 Å². The van der Waals surface area contributed by atoms with E-state index in [0.29, 0.717) is 13.1 Å². The zero-order valence-corrected chi connectivity index (χ0v) is 15.2. The minimum atomic E-state index is -1.54. The molecule has 0 aliphatic carbocycles. The Kier molecular flexibility index (Phi) is 4.92. The number of carbonyl (C=O) groups is 2. The molecule has 2 amide bonds. The Bertz CT molecular complexity index is 769. The molecule has 3 rings (SSSR count). The van der Waals surface area contributed by atoms with Crippen LogP contribution in [0.2, 0.25) is 0 Å². The topological polar surface area (TPSA) is 49.4 Å². The summed E-state index contributed by atoms with van der Waals surface area (Å²) >= 11 is 9.79. The summed E-state index contributed by atoms with van der Waals surface area (Å²) in [5.41, 5.74) is 1.69. The molecule has 6 heteroatoms. The summed E-state index contributed by atoms with van der Waals surface area (Å²) in [6.07, 6.45) is 0.284. The van der Waals surface area contributed by atoms with E-state index in [4.69, 9.17) is 11.6 Å². The van der Waals surface area contributed by atoms with E-state index in [1.807, 2.05) is 54.6 Å². The lowest BCUT2D eigenvalue weighted by atomic mass is 10.1. The number of benzene rings is 2. The second-order valence-corrected chi connectivity index (χ2v) is 7.22. The lowest BCUT2D eigenvalue weighted by Crippen LogP contribution is -2.48. The molecule has 2 aromatic carbocycles. The maximum atomic E-state index is 12.7. The molecule has 1 N–H and O–H groups in total. The lowest BCUT2D eigenvalue weighted by molar-refractivity contribution is -0.130. The first-order valence-corrected chi connectivity index (χ1v) is 8.76. The summed E-state index contributed by atoms with van der Waals surface area (Å²) in [6, 6.07) is 16.9. The number of amides is 2. The Morgan fingerprint density at radius 3 is 2.67 bits per heavy atom. The molecular weight excluding hydrogens is 392 g/mol. The van der Waals surface area contributed by atoms with Gasteiger partial charge in [-0.05, 0) is 29.8 Å². The number of nitrogens with zero attached hydrogens (tertiary/aromatic N) is 1. The van der Waals surface area contributed by atoms with Crippen LogP contribution in [0.25, 0.3) is 0 Å². The third-order valence-electron chi connectivity index (χ3n) is 4.03. The second kappa shape index (κ2) is 6.95. The average Bonchev–Trinajstić information content (AvgIpc) is 2.90. The molecule has 0 radical (unpaired) electrons. The third kappa shape index (κ3) is 3.32. The van der Waals surface area contributed by atoms with E-state index in [2.05, 4.69) is 21.2 Å². The summed E-state index contributed by atoms with van der Waals surface area (Å²) in [7, 11) is 0. The molecule has 0 bridgehead atoms. The van der Waals surface area contributed by atoms with Crippen molar-refractivity contribution in [3.05, 3.63) is 64.6 Å². The van der Waals surface area contributed by atoms with Gasteiger partial charge in [0.2, 0.25) is 4.87 Å². The fourth-order valence-corrected chi connectivity index (χ4v) is 3.42. The molecule has 24 heavy (non-hydrogen) atoms. The maximum absolute atomic E-state index is 12.7. The lowest BCUT2D eigenvalue weighted by Gasteiger charge is -2.21. The molecule has 0 saturated carbocycles. The zero-order valence-electron chi connectivity index (χ0n) is 12.8. The van der Waals surface area contributed by atoms with Crippen LogP contribution in [0.15, 0.2) is 59.1 Å². The summed E-state index contributed by atoms with van der Waals surface area (Å²) in [6.45, 7) is 0.752. The summed E-state index contributed by atoms with van der Waals surface area (Å²) in [5, 5.41) is 2.77. The van der Waals surface area contributed by atoms with Crippen molar-refractivity contribution in [1.29, 1.82) is 0 Å². The quantitative estimate of drug-likeness (QED) is 0.623. The van der Waals surface area contributed by atoms with Gasteiger partial charge in [0.25, 0.3) is 11.8 Å². The van der Waals surface area contributed by atoms with Crippen molar-refractivity contribution in [2.75, 3.05) is 11.4 Å². The van der Waals surface area contributed by atoms with E-state index in [1.54, 1.807) is 4.90 Å². The third-order valence-corrected chi connectivity index (χ3v) is 5.05. The number of alkyl halides is 1. The van der Waals surface area contributed by atoms with Crippen LogP contribution in [0, 0.1) is 0 Å². The van der Waals surface area contributed by atoms with E-state index >= 15 is 0 Å². The number of halogens is 2. The van der Waals surface area contributed by atoms with Crippen LogP contribution in [-0.2, 0) is 16.1 Å². The fraction of sp³-hybridized carbons (Fsp3) is 0.222. The maximum Gasteiger partial charge on any atom is 0.257 e. The molecular formula is C18H16BrClN2O2. The molecule has 1 aliphatic heterocycles. The van der Waals surface area contributed by atoms with Crippen molar-refractivity contribution in [3.8, 4) is 0 Å². The molecule has 124 valence electrons. The highest BCUT2D eigenvalue weighted by atomic mass is 79.9. The second-order valence-electron chi connectivity index (χ2n) is 5.66. The Hall–Kier alpha value is -1.85. The standard InChI is InChI=1S/C18H16BrClN2O2/c19-14-6-4-5-13(11-14)12-21-16(23)18(20)9-10-22(17(18)24)15-7-2-1-3-8-15/h1-8,11H,9-10,12H2,(H,21,23)/t18-/m1/s1. The molecule has 1 saturated heterocycles. The molecule has 1 fully saturated rings. The molecule has 0 spiro atoms. The van der Waals surface area contributed by atoms with E-state index in [-0.39, 0.29) is 12.3 Å². The predicted molar refractivity (Wildman–Crippen MR) is 98.0 cm³/mol. The summed E-state index contributed by atoms with van der Waals surface area (Å²) < 4.78 is 0.932. The van der Waals surface area contributed by atoms with Gasteiger partial charge in [0.15, 0.2) is 0 Å². The largest absolute Gasteiger partial charge is 0.350 e. The van der Waals surface area contributed by atoms with Crippen LogP contribution < -0.4 is 10.2 Å². The Labute approximate surface area is 153 Å². The minimum Gasteiger partial charge on any atom is -0.350 e. The van der Waals surface area contributed by atoms with Crippen LogP contribution in [0.4, 0.5) is 5.69 Å². The minimum absolute atomic E-state index is 0.284. The average molecular weight is 408 g/mol. The number of nitrogens with one attached hydrogen (secondary N) is 1. The molecule has 1 heterocycles. The highest BCUT2D eigenvalue weighted by molar-refractivity contribution is 9.10. The van der Waals surface area contributed by atoms with E-state index in [1.165, 1.54) is 0 Å². The number of anilines is 1. The number of rotatable bonds is 4. The highest BCUT2D eigenvalue weighted by Gasteiger charge is 2.51. The number of hydrogen-bond acceptors (Lipinski definition) is 2. The van der Waals surface area contributed by atoms with Crippen molar-refractivity contribution in [2.45, 2.75) is 17.8 Å². The molecule has 0 unspecified atom stereocenters. The fourth-order valence-electron chi connectivity index (χ4n) is 2.72. The SMILES string of the molecule is O=C(NCc1cccc(Br)c1)[C@]1(Cl)CCN(c2ccccc2)C1=O. The molecule has 1 atom stereocenters. The van der Waals surface area contributed by atoms with Gasteiger partial charge in [-0.25, -0.2) is 0 Å². The first-order chi connectivity index (χ1) is 11.5. The van der Waals surface area contributed by atoms with Gasteiger partial charge in [-0.3, -0.25) is 9.59 Å². The van der Waals surface area contributed by atoms with Gasteiger partial charge >= 0.3 is 0 Å². The van der Waals surface area contributed by atoms with E-state index in [9.17, 15) is 9.59 Å². The summed E-state index contributed by atoms with van der Waals surface area (Å²) in [4.78, 5) is 25.2. The van der Waals surface area contributed by atoms with Crippen molar-refractivity contribution in [2.24, 2.45) is 0 Å². The van der Waals surface area contributed by atoms with Gasteiger partial charge in [-0.1, -0.05) is 57.9 Å². The van der Waals surface area contributed by atoms with Gasteiger partial charge in [0.1, 0.15) is 0 Å². The van der Waals surface area contributed by atoms with Crippen molar-refractivity contribution in [1.82, 2.24) is 5.32 Å². The first kappa shape index (κ1) is 17.0. The zero-order chi connectivity index (χ0) is 17.2. The van der Waals surface area contributed by atoms with Crippen LogP contribution in [0.3, 0.4) is 0 Å². The normalized spacial score (nSPS) is 20.2. The smallest absolute Gasteiger partial charge is 0.257 e. The summed E-state index contributed by atoms with van der Waals surface area (Å²) in [5.74, 6) is -0.824. The molecule has 4 nitrogen and oxygen atoms in total. The van der Waals surface area contributed by atoms with Crippen LogP contribution in [-0.4, -0.2) is 23.2 Å². The number of carbonyl (C=O) groups excluding carboxylic acids is 2. The van der Waals surface area contributed by atoms with Gasteiger partial charge in [-0.2, -0.15) is 0 Å².